The second-order valence-electron chi connectivity index (χ2n) is 10.7. The average Bonchev–Trinajstić information content (AvgIpc) is 2.94. The molecule has 5 aromatic rings. The monoisotopic (exact) mass is 498 g/mol. The third kappa shape index (κ3) is 5.50. The van der Waals surface area contributed by atoms with Crippen LogP contribution in [-0.4, -0.2) is 0 Å². The van der Waals surface area contributed by atoms with Crippen LogP contribution in [0.25, 0.3) is 0 Å². The van der Waals surface area contributed by atoms with Crippen molar-refractivity contribution in [2.24, 2.45) is 0 Å². The van der Waals surface area contributed by atoms with Crippen LogP contribution in [0.1, 0.15) is 49.9 Å². The molecule has 0 aliphatic heterocycles. The summed E-state index contributed by atoms with van der Waals surface area (Å²) in [5.41, 5.74) is 4.67. The molecule has 0 aromatic heterocycles. The van der Waals surface area contributed by atoms with Gasteiger partial charge in [0.05, 0.1) is 0 Å². The van der Waals surface area contributed by atoms with Gasteiger partial charge in [0.2, 0.25) is 0 Å². The van der Waals surface area contributed by atoms with Gasteiger partial charge in [0.15, 0.2) is 0 Å². The van der Waals surface area contributed by atoms with Crippen LogP contribution >= 0.6 is 0 Å². The molecule has 5 rings (SSSR count). The maximum atomic E-state index is 6.28. The topological polar surface area (TPSA) is 18.5 Å². The average molecular weight is 499 g/mol. The summed E-state index contributed by atoms with van der Waals surface area (Å²) in [6.45, 7) is 8.96. The summed E-state index contributed by atoms with van der Waals surface area (Å²) in [6.07, 6.45) is 0. The Morgan fingerprint density at radius 3 is 1.05 bits per heavy atom. The van der Waals surface area contributed by atoms with Crippen molar-refractivity contribution in [2.45, 2.75) is 38.5 Å². The zero-order valence-electron chi connectivity index (χ0n) is 22.5. The number of benzene rings is 5. The summed E-state index contributed by atoms with van der Waals surface area (Å²) in [7, 11) is 0. The standard InChI is InChI=1S/C36H34O2/c1-35(2,27-14-7-5-8-15-27)29-18-11-20-31(24-29)37-33-22-13-23-34(26-33)38-32-21-12-19-30(25-32)36(3,4)28-16-9-6-10-17-28/h5-26H,1-4H3. The van der Waals surface area contributed by atoms with Crippen molar-refractivity contribution < 1.29 is 9.47 Å². The lowest BCUT2D eigenvalue weighted by Gasteiger charge is -2.26. The van der Waals surface area contributed by atoms with E-state index in [1.165, 1.54) is 22.3 Å². The lowest BCUT2D eigenvalue weighted by atomic mass is 9.78. The van der Waals surface area contributed by atoms with Gasteiger partial charge in [-0.05, 0) is 58.7 Å². The largest absolute Gasteiger partial charge is 0.457 e. The van der Waals surface area contributed by atoms with E-state index in [-0.39, 0.29) is 10.8 Å². The fraction of sp³-hybridized carbons (Fsp3) is 0.167. The SMILES string of the molecule is CC(C)(c1ccccc1)c1cccc(Oc2cccc(Oc3cccc(C(C)(C)c4ccccc4)c3)c2)c1. The van der Waals surface area contributed by atoms with Crippen LogP contribution in [0.15, 0.2) is 133 Å². The summed E-state index contributed by atoms with van der Waals surface area (Å²) in [5.74, 6) is 3.07. The molecule has 0 unspecified atom stereocenters. The van der Waals surface area contributed by atoms with Crippen molar-refractivity contribution >= 4 is 0 Å². The lowest BCUT2D eigenvalue weighted by Crippen LogP contribution is -2.18. The van der Waals surface area contributed by atoms with E-state index in [0.717, 1.165) is 23.0 Å². The van der Waals surface area contributed by atoms with E-state index in [1.54, 1.807) is 0 Å². The summed E-state index contributed by atoms with van der Waals surface area (Å²) < 4.78 is 12.6. The Hall–Kier alpha value is -4.30. The maximum Gasteiger partial charge on any atom is 0.131 e. The first-order valence-electron chi connectivity index (χ1n) is 13.1. The van der Waals surface area contributed by atoms with Gasteiger partial charge in [-0.25, -0.2) is 0 Å². The van der Waals surface area contributed by atoms with Crippen molar-refractivity contribution in [1.82, 2.24) is 0 Å². The van der Waals surface area contributed by atoms with Crippen LogP contribution in [0.5, 0.6) is 23.0 Å². The highest BCUT2D eigenvalue weighted by atomic mass is 16.5. The predicted octanol–water partition coefficient (Wildman–Crippen LogP) is 9.92. The second kappa shape index (κ2) is 10.6. The van der Waals surface area contributed by atoms with Gasteiger partial charge in [-0.2, -0.15) is 0 Å². The quantitative estimate of drug-likeness (QED) is 0.212. The highest BCUT2D eigenvalue weighted by Gasteiger charge is 2.24. The molecule has 0 atom stereocenters. The van der Waals surface area contributed by atoms with Crippen molar-refractivity contribution in [1.29, 1.82) is 0 Å². The fourth-order valence-corrected chi connectivity index (χ4v) is 4.81. The van der Waals surface area contributed by atoms with E-state index in [9.17, 15) is 0 Å². The Bertz CT molecular complexity index is 1390. The zero-order valence-corrected chi connectivity index (χ0v) is 22.5. The molecule has 0 fully saturated rings. The third-order valence-electron chi connectivity index (χ3n) is 7.38. The molecule has 0 amide bonds. The molecule has 0 N–H and O–H groups in total. The lowest BCUT2D eigenvalue weighted by molar-refractivity contribution is 0.458. The normalized spacial score (nSPS) is 11.7. The van der Waals surface area contributed by atoms with E-state index in [1.807, 2.05) is 36.4 Å². The smallest absolute Gasteiger partial charge is 0.131 e. The van der Waals surface area contributed by atoms with Crippen LogP contribution in [0, 0.1) is 0 Å². The molecule has 0 spiro atoms. The maximum absolute atomic E-state index is 6.28. The molecule has 5 aromatic carbocycles. The highest BCUT2D eigenvalue weighted by Crippen LogP contribution is 2.36. The van der Waals surface area contributed by atoms with E-state index in [4.69, 9.17) is 9.47 Å². The van der Waals surface area contributed by atoms with Crippen LogP contribution in [-0.2, 0) is 10.8 Å². The Morgan fingerprint density at radius 1 is 0.342 bits per heavy atom. The summed E-state index contributed by atoms with van der Waals surface area (Å²) in [4.78, 5) is 0. The van der Waals surface area contributed by atoms with E-state index >= 15 is 0 Å². The Labute approximate surface area is 226 Å². The molecule has 2 nitrogen and oxygen atoms in total. The van der Waals surface area contributed by atoms with Crippen molar-refractivity contribution in [2.75, 3.05) is 0 Å². The van der Waals surface area contributed by atoms with Gasteiger partial charge in [-0.15, -0.1) is 0 Å². The van der Waals surface area contributed by atoms with Crippen molar-refractivity contribution in [3.8, 4) is 23.0 Å². The molecule has 0 aliphatic carbocycles. The molecule has 0 aliphatic rings. The Balaban J connectivity index is 1.34. The predicted molar refractivity (Wildman–Crippen MR) is 157 cm³/mol. The van der Waals surface area contributed by atoms with Crippen LogP contribution < -0.4 is 9.47 Å². The molecular formula is C36H34O2. The first kappa shape index (κ1) is 25.4. The van der Waals surface area contributed by atoms with Gasteiger partial charge in [-0.3, -0.25) is 0 Å². The third-order valence-corrected chi connectivity index (χ3v) is 7.38. The number of hydrogen-bond donors (Lipinski definition) is 0. The molecule has 0 heterocycles. The number of rotatable bonds is 8. The number of hydrogen-bond acceptors (Lipinski definition) is 2. The molecular weight excluding hydrogens is 464 g/mol. The fourth-order valence-electron chi connectivity index (χ4n) is 4.81. The minimum atomic E-state index is -0.135. The Morgan fingerprint density at radius 2 is 0.658 bits per heavy atom. The Kier molecular flexibility index (Phi) is 7.07. The van der Waals surface area contributed by atoms with Gasteiger partial charge in [0, 0.05) is 16.9 Å². The number of ether oxygens (including phenoxy) is 2. The summed E-state index contributed by atoms with van der Waals surface area (Å²) in [6, 6.07) is 45.6. The van der Waals surface area contributed by atoms with E-state index in [2.05, 4.69) is 125 Å². The molecule has 2 heteroatoms. The van der Waals surface area contributed by atoms with Crippen molar-refractivity contribution in [3.63, 3.8) is 0 Å². The molecule has 0 saturated heterocycles. The van der Waals surface area contributed by atoms with Crippen LogP contribution in [0.4, 0.5) is 0 Å². The minimum absolute atomic E-state index is 0.135. The van der Waals surface area contributed by atoms with Gasteiger partial charge < -0.3 is 9.47 Å². The molecule has 38 heavy (non-hydrogen) atoms. The van der Waals surface area contributed by atoms with Gasteiger partial charge >= 0.3 is 0 Å². The van der Waals surface area contributed by atoms with Crippen molar-refractivity contribution in [3.05, 3.63) is 156 Å². The molecule has 0 saturated carbocycles. The first-order chi connectivity index (χ1) is 18.3. The van der Waals surface area contributed by atoms with Crippen LogP contribution in [0.2, 0.25) is 0 Å². The van der Waals surface area contributed by atoms with Gasteiger partial charge in [0.1, 0.15) is 23.0 Å². The highest BCUT2D eigenvalue weighted by molar-refractivity contribution is 5.45. The zero-order chi connectivity index (χ0) is 26.6. The second-order valence-corrected chi connectivity index (χ2v) is 10.7. The summed E-state index contributed by atoms with van der Waals surface area (Å²) >= 11 is 0. The van der Waals surface area contributed by atoms with E-state index in [0.29, 0.717) is 0 Å². The summed E-state index contributed by atoms with van der Waals surface area (Å²) in [5, 5.41) is 0. The minimum Gasteiger partial charge on any atom is -0.457 e. The van der Waals surface area contributed by atoms with Gasteiger partial charge in [-0.1, -0.05) is 119 Å². The molecule has 190 valence electrons. The molecule has 0 bridgehead atoms. The molecule has 0 radical (unpaired) electrons. The van der Waals surface area contributed by atoms with E-state index < -0.39 is 0 Å². The van der Waals surface area contributed by atoms with Gasteiger partial charge in [0.25, 0.3) is 0 Å². The van der Waals surface area contributed by atoms with Crippen LogP contribution in [0.3, 0.4) is 0 Å². The first-order valence-corrected chi connectivity index (χ1v) is 13.1.